The number of allylic oxidation sites excluding steroid dienone is 1. The molecule has 0 aromatic carbocycles. The number of hydrogen-bond acceptors (Lipinski definition) is 4. The van der Waals surface area contributed by atoms with Gasteiger partial charge in [-0.25, -0.2) is 0 Å². The Labute approximate surface area is 112 Å². The van der Waals surface area contributed by atoms with Crippen LogP contribution in [0.2, 0.25) is 0 Å². The SMILES string of the molecule is C#CC=CC1OC2(C(=O)CC)OC3CC4OC3C2C14. The minimum atomic E-state index is -1.08. The fourth-order valence-corrected chi connectivity index (χ4v) is 4.30. The molecule has 0 amide bonds. The van der Waals surface area contributed by atoms with E-state index in [-0.39, 0.29) is 42.0 Å². The average Bonchev–Trinajstić information content (AvgIpc) is 3.06. The molecule has 4 nitrogen and oxygen atoms in total. The zero-order valence-electron chi connectivity index (χ0n) is 10.7. The van der Waals surface area contributed by atoms with Crippen molar-refractivity contribution in [2.24, 2.45) is 11.8 Å². The van der Waals surface area contributed by atoms with Crippen LogP contribution < -0.4 is 0 Å². The number of ether oxygens (including phenoxy) is 3. The van der Waals surface area contributed by atoms with E-state index in [9.17, 15) is 4.79 Å². The molecule has 7 atom stereocenters. The Hall–Kier alpha value is -1.15. The third kappa shape index (κ3) is 1.24. The Kier molecular flexibility index (Phi) is 2.27. The highest BCUT2D eigenvalue weighted by Gasteiger charge is 2.76. The van der Waals surface area contributed by atoms with E-state index in [2.05, 4.69) is 5.92 Å². The first-order valence-electron chi connectivity index (χ1n) is 6.88. The Morgan fingerprint density at radius 1 is 1.47 bits per heavy atom. The molecule has 7 unspecified atom stereocenters. The molecule has 4 heterocycles. The lowest BCUT2D eigenvalue weighted by Gasteiger charge is -2.27. The van der Waals surface area contributed by atoms with Crippen molar-refractivity contribution in [2.45, 2.75) is 50.0 Å². The lowest BCUT2D eigenvalue weighted by Crippen LogP contribution is -2.43. The van der Waals surface area contributed by atoms with E-state index in [4.69, 9.17) is 20.6 Å². The predicted octanol–water partition coefficient (Wildman–Crippen LogP) is 1.05. The minimum absolute atomic E-state index is 0.0229. The second-order valence-electron chi connectivity index (χ2n) is 5.69. The van der Waals surface area contributed by atoms with Crippen LogP contribution in [0.1, 0.15) is 19.8 Å². The van der Waals surface area contributed by atoms with Crippen LogP contribution in [0, 0.1) is 24.2 Å². The topological polar surface area (TPSA) is 44.8 Å². The van der Waals surface area contributed by atoms with Crippen LogP contribution in [0.3, 0.4) is 0 Å². The van der Waals surface area contributed by atoms with Crippen LogP contribution in [0.15, 0.2) is 12.2 Å². The van der Waals surface area contributed by atoms with E-state index in [0.717, 1.165) is 6.42 Å². The third-order valence-corrected chi connectivity index (χ3v) is 4.91. The van der Waals surface area contributed by atoms with Crippen LogP contribution in [0.5, 0.6) is 0 Å². The summed E-state index contributed by atoms with van der Waals surface area (Å²) in [5.74, 6) is 1.66. The second kappa shape index (κ2) is 3.69. The molecule has 0 N–H and O–H groups in total. The van der Waals surface area contributed by atoms with Crippen LogP contribution in [-0.4, -0.2) is 36.0 Å². The van der Waals surface area contributed by atoms with E-state index in [1.807, 2.05) is 13.0 Å². The quantitative estimate of drug-likeness (QED) is 0.712. The van der Waals surface area contributed by atoms with Gasteiger partial charge in [-0.05, 0) is 12.2 Å². The van der Waals surface area contributed by atoms with E-state index >= 15 is 0 Å². The summed E-state index contributed by atoms with van der Waals surface area (Å²) in [5, 5.41) is 0. The zero-order valence-corrected chi connectivity index (χ0v) is 10.7. The molecule has 0 spiro atoms. The normalized spacial score (nSPS) is 53.1. The van der Waals surface area contributed by atoms with Crippen molar-refractivity contribution in [2.75, 3.05) is 0 Å². The van der Waals surface area contributed by atoms with E-state index in [0.29, 0.717) is 6.42 Å². The van der Waals surface area contributed by atoms with Gasteiger partial charge in [0.2, 0.25) is 5.79 Å². The van der Waals surface area contributed by atoms with Gasteiger partial charge < -0.3 is 14.2 Å². The summed E-state index contributed by atoms with van der Waals surface area (Å²) >= 11 is 0. The van der Waals surface area contributed by atoms with Crippen molar-refractivity contribution in [3.05, 3.63) is 12.2 Å². The standard InChI is InChI=1S/C15H16O4/c1-3-5-6-8-12-9-7-10-14(17-9)13(12)15(18-8,19-10)11(16)4-2/h1,5-6,8-10,12-14H,4,7H2,2H3. The van der Waals surface area contributed by atoms with Crippen LogP contribution in [0.4, 0.5) is 0 Å². The fourth-order valence-electron chi connectivity index (χ4n) is 4.30. The monoisotopic (exact) mass is 260 g/mol. The van der Waals surface area contributed by atoms with Gasteiger partial charge in [0, 0.05) is 18.8 Å². The maximum atomic E-state index is 12.3. The summed E-state index contributed by atoms with van der Waals surface area (Å²) in [6.07, 6.45) is 10.1. The van der Waals surface area contributed by atoms with Gasteiger partial charge in [-0.3, -0.25) is 4.79 Å². The van der Waals surface area contributed by atoms with Crippen molar-refractivity contribution in [1.29, 1.82) is 0 Å². The lowest BCUT2D eigenvalue weighted by atomic mass is 9.75. The second-order valence-corrected chi connectivity index (χ2v) is 5.69. The Morgan fingerprint density at radius 3 is 3.05 bits per heavy atom. The van der Waals surface area contributed by atoms with Gasteiger partial charge in [0.1, 0.15) is 0 Å². The lowest BCUT2D eigenvalue weighted by molar-refractivity contribution is -0.221. The number of rotatable bonds is 3. The Morgan fingerprint density at radius 2 is 2.32 bits per heavy atom. The maximum Gasteiger partial charge on any atom is 0.235 e. The average molecular weight is 260 g/mol. The predicted molar refractivity (Wildman–Crippen MR) is 66.0 cm³/mol. The smallest absolute Gasteiger partial charge is 0.235 e. The Balaban J connectivity index is 1.76. The number of Topliss-reactive ketones (excluding diaryl/α,β-unsaturated/α-hetero) is 1. The summed E-state index contributed by atoms with van der Waals surface area (Å²) in [5.41, 5.74) is 0. The van der Waals surface area contributed by atoms with Crippen molar-refractivity contribution in [1.82, 2.24) is 0 Å². The fraction of sp³-hybridized carbons (Fsp3) is 0.667. The van der Waals surface area contributed by atoms with Gasteiger partial charge >= 0.3 is 0 Å². The summed E-state index contributed by atoms with van der Waals surface area (Å²) in [4.78, 5) is 12.3. The van der Waals surface area contributed by atoms with E-state index < -0.39 is 5.79 Å². The Bertz CT molecular complexity index is 503. The van der Waals surface area contributed by atoms with Gasteiger partial charge in [0.15, 0.2) is 5.78 Å². The van der Waals surface area contributed by atoms with Crippen LogP contribution in [0.25, 0.3) is 0 Å². The molecule has 0 aromatic heterocycles. The molecule has 19 heavy (non-hydrogen) atoms. The molecule has 4 aliphatic heterocycles. The number of hydrogen-bond donors (Lipinski definition) is 0. The third-order valence-electron chi connectivity index (χ3n) is 4.91. The molecule has 100 valence electrons. The molecule has 0 saturated carbocycles. The van der Waals surface area contributed by atoms with Crippen molar-refractivity contribution < 1.29 is 19.0 Å². The van der Waals surface area contributed by atoms with E-state index in [1.54, 1.807) is 6.08 Å². The molecule has 4 rings (SSSR count). The van der Waals surface area contributed by atoms with Gasteiger partial charge in [0.25, 0.3) is 0 Å². The first-order chi connectivity index (χ1) is 9.21. The van der Waals surface area contributed by atoms with Crippen molar-refractivity contribution in [3.8, 4) is 12.3 Å². The summed E-state index contributed by atoms with van der Waals surface area (Å²) in [6.45, 7) is 1.84. The molecule has 4 fully saturated rings. The minimum Gasteiger partial charge on any atom is -0.371 e. The summed E-state index contributed by atoms with van der Waals surface area (Å²) in [7, 11) is 0. The highest BCUT2D eigenvalue weighted by atomic mass is 16.7. The first kappa shape index (κ1) is 11.7. The molecule has 4 saturated heterocycles. The van der Waals surface area contributed by atoms with Crippen LogP contribution in [-0.2, 0) is 19.0 Å². The van der Waals surface area contributed by atoms with Crippen LogP contribution >= 0.6 is 0 Å². The highest BCUT2D eigenvalue weighted by molar-refractivity contribution is 5.87. The first-order valence-corrected chi connectivity index (χ1v) is 6.88. The molecular formula is C15H16O4. The molecule has 0 aromatic rings. The highest BCUT2D eigenvalue weighted by Crippen LogP contribution is 2.63. The van der Waals surface area contributed by atoms with Crippen molar-refractivity contribution in [3.63, 3.8) is 0 Å². The number of carbonyl (C=O) groups is 1. The van der Waals surface area contributed by atoms with E-state index in [1.165, 1.54) is 0 Å². The zero-order chi connectivity index (χ0) is 13.2. The molecule has 0 aliphatic carbocycles. The van der Waals surface area contributed by atoms with Gasteiger partial charge in [0.05, 0.1) is 30.3 Å². The summed E-state index contributed by atoms with van der Waals surface area (Å²) in [6, 6.07) is 0. The number of fused-ring (bicyclic) bond motifs is 2. The van der Waals surface area contributed by atoms with Gasteiger partial charge in [-0.1, -0.05) is 12.8 Å². The molecular weight excluding hydrogens is 244 g/mol. The molecule has 4 aliphatic rings. The summed E-state index contributed by atoms with van der Waals surface area (Å²) < 4.78 is 18.0. The largest absolute Gasteiger partial charge is 0.371 e. The number of ketones is 1. The van der Waals surface area contributed by atoms with Gasteiger partial charge in [-0.2, -0.15) is 0 Å². The molecule has 2 bridgehead atoms. The molecule has 0 radical (unpaired) electrons. The molecule has 4 heteroatoms. The number of terminal acetylenes is 1. The van der Waals surface area contributed by atoms with Gasteiger partial charge in [-0.15, -0.1) is 6.42 Å². The van der Waals surface area contributed by atoms with Crippen molar-refractivity contribution >= 4 is 5.78 Å². The maximum absolute atomic E-state index is 12.3. The number of carbonyl (C=O) groups excluding carboxylic acids is 1.